The van der Waals surface area contributed by atoms with Crippen molar-refractivity contribution in [1.82, 2.24) is 10.2 Å². The molecule has 0 fully saturated rings. The molecule has 0 unspecified atom stereocenters. The third kappa shape index (κ3) is 6.04. The molecule has 4 nitrogen and oxygen atoms in total. The number of benzene rings is 2. The lowest BCUT2D eigenvalue weighted by Gasteiger charge is -2.32. The van der Waals surface area contributed by atoms with E-state index in [1.807, 2.05) is 52.0 Å². The van der Waals surface area contributed by atoms with Crippen LogP contribution in [0.5, 0.6) is 0 Å². The first-order chi connectivity index (χ1) is 13.7. The van der Waals surface area contributed by atoms with Crippen LogP contribution >= 0.6 is 11.6 Å². The summed E-state index contributed by atoms with van der Waals surface area (Å²) < 4.78 is 14.2. The SMILES string of the molecule is CC[C@@H](C(=O)NC(C)C)N(Cc1ccccc1C)C(=O)Cc1c(F)cccc1Cl. The molecule has 6 heteroatoms. The quantitative estimate of drug-likeness (QED) is 0.677. The number of halogens is 2. The van der Waals surface area contributed by atoms with Crippen LogP contribution in [0.2, 0.25) is 5.02 Å². The second-order valence-electron chi connectivity index (χ2n) is 7.41. The van der Waals surface area contributed by atoms with Crippen molar-refractivity contribution >= 4 is 23.4 Å². The molecule has 2 aromatic rings. The molecular formula is C23H28ClFN2O2. The maximum Gasteiger partial charge on any atom is 0.243 e. The maximum atomic E-state index is 14.2. The molecule has 0 saturated heterocycles. The summed E-state index contributed by atoms with van der Waals surface area (Å²) >= 11 is 6.12. The maximum absolute atomic E-state index is 14.2. The normalized spacial score (nSPS) is 12.0. The molecule has 0 aromatic heterocycles. The second kappa shape index (κ2) is 10.4. The summed E-state index contributed by atoms with van der Waals surface area (Å²) in [5.74, 6) is -1.09. The number of carbonyl (C=O) groups excluding carboxylic acids is 2. The Balaban J connectivity index is 2.38. The molecule has 0 bridgehead atoms. The molecule has 0 aliphatic heterocycles. The molecule has 0 heterocycles. The lowest BCUT2D eigenvalue weighted by molar-refractivity contribution is -0.141. The van der Waals surface area contributed by atoms with E-state index in [9.17, 15) is 14.0 Å². The van der Waals surface area contributed by atoms with Crippen LogP contribution in [0.4, 0.5) is 4.39 Å². The number of amides is 2. The van der Waals surface area contributed by atoms with Gasteiger partial charge in [-0.1, -0.05) is 48.9 Å². The zero-order valence-electron chi connectivity index (χ0n) is 17.3. The minimum Gasteiger partial charge on any atom is -0.352 e. The molecule has 0 radical (unpaired) electrons. The van der Waals surface area contributed by atoms with Gasteiger partial charge in [-0.2, -0.15) is 0 Å². The van der Waals surface area contributed by atoms with Crippen LogP contribution in [-0.2, 0) is 22.6 Å². The van der Waals surface area contributed by atoms with E-state index in [1.54, 1.807) is 6.07 Å². The number of carbonyl (C=O) groups is 2. The van der Waals surface area contributed by atoms with Crippen molar-refractivity contribution in [2.45, 2.75) is 59.2 Å². The van der Waals surface area contributed by atoms with Crippen LogP contribution in [0.1, 0.15) is 43.9 Å². The van der Waals surface area contributed by atoms with Crippen LogP contribution in [0.3, 0.4) is 0 Å². The van der Waals surface area contributed by atoms with Gasteiger partial charge in [0.2, 0.25) is 11.8 Å². The van der Waals surface area contributed by atoms with Gasteiger partial charge in [0, 0.05) is 23.2 Å². The first kappa shape index (κ1) is 22.9. The lowest BCUT2D eigenvalue weighted by atomic mass is 10.0. The number of nitrogens with zero attached hydrogens (tertiary/aromatic N) is 1. The number of nitrogens with one attached hydrogen (secondary N) is 1. The molecule has 0 aliphatic carbocycles. The molecule has 29 heavy (non-hydrogen) atoms. The number of rotatable bonds is 8. The number of hydrogen-bond acceptors (Lipinski definition) is 2. The average Bonchev–Trinajstić information content (AvgIpc) is 2.65. The van der Waals surface area contributed by atoms with Gasteiger partial charge in [-0.15, -0.1) is 0 Å². The van der Waals surface area contributed by atoms with Crippen LogP contribution in [0, 0.1) is 12.7 Å². The molecule has 2 aromatic carbocycles. The monoisotopic (exact) mass is 418 g/mol. The van der Waals surface area contributed by atoms with Gasteiger partial charge in [0.25, 0.3) is 0 Å². The van der Waals surface area contributed by atoms with E-state index >= 15 is 0 Å². The highest BCUT2D eigenvalue weighted by Crippen LogP contribution is 2.22. The summed E-state index contributed by atoms with van der Waals surface area (Å²) in [5, 5.41) is 3.09. The molecule has 156 valence electrons. The summed E-state index contributed by atoms with van der Waals surface area (Å²) in [5.41, 5.74) is 2.11. The fourth-order valence-electron chi connectivity index (χ4n) is 3.23. The average molecular weight is 419 g/mol. The van der Waals surface area contributed by atoms with E-state index in [-0.39, 0.29) is 41.4 Å². The van der Waals surface area contributed by atoms with Gasteiger partial charge in [-0.25, -0.2) is 4.39 Å². The standard InChI is InChI=1S/C23H28ClFN2O2/c1-5-21(23(29)26-15(2)3)27(14-17-10-7-6-9-16(17)4)22(28)13-18-19(24)11-8-12-20(18)25/h6-12,15,21H,5,13-14H2,1-4H3,(H,26,29)/t21-/m0/s1. The molecule has 0 aliphatic rings. The zero-order chi connectivity index (χ0) is 21.6. The molecule has 0 saturated carbocycles. The van der Waals surface area contributed by atoms with E-state index < -0.39 is 11.9 Å². The Bertz CT molecular complexity index is 849. The second-order valence-corrected chi connectivity index (χ2v) is 7.82. The van der Waals surface area contributed by atoms with Gasteiger partial charge in [0.1, 0.15) is 11.9 Å². The summed E-state index contributed by atoms with van der Waals surface area (Å²) in [6.07, 6.45) is 0.240. The molecule has 1 N–H and O–H groups in total. The van der Waals surface area contributed by atoms with Crippen molar-refractivity contribution in [1.29, 1.82) is 0 Å². The molecule has 1 atom stereocenters. The van der Waals surface area contributed by atoms with Crippen LogP contribution in [0.25, 0.3) is 0 Å². The predicted molar refractivity (Wildman–Crippen MR) is 114 cm³/mol. The molecule has 0 spiro atoms. The summed E-state index contributed by atoms with van der Waals surface area (Å²) in [4.78, 5) is 27.6. The Labute approximate surface area is 177 Å². The molecule has 2 rings (SSSR count). The highest BCUT2D eigenvalue weighted by atomic mass is 35.5. The topological polar surface area (TPSA) is 49.4 Å². The van der Waals surface area contributed by atoms with Gasteiger partial charge in [-0.05, 0) is 50.5 Å². The smallest absolute Gasteiger partial charge is 0.243 e. The van der Waals surface area contributed by atoms with Crippen molar-refractivity contribution in [2.75, 3.05) is 0 Å². The Kier molecular flexibility index (Phi) is 8.21. The Morgan fingerprint density at radius 2 is 1.83 bits per heavy atom. The molecule has 2 amide bonds. The zero-order valence-corrected chi connectivity index (χ0v) is 18.1. The van der Waals surface area contributed by atoms with Gasteiger partial charge in [0.15, 0.2) is 0 Å². The minimum atomic E-state index is -0.657. The van der Waals surface area contributed by atoms with Crippen molar-refractivity contribution in [2.24, 2.45) is 0 Å². The van der Waals surface area contributed by atoms with E-state index in [4.69, 9.17) is 11.6 Å². The lowest BCUT2D eigenvalue weighted by Crippen LogP contribution is -2.50. The van der Waals surface area contributed by atoms with Gasteiger partial charge in [0.05, 0.1) is 6.42 Å². The third-order valence-corrected chi connectivity index (χ3v) is 5.16. The fourth-order valence-corrected chi connectivity index (χ4v) is 3.46. The highest BCUT2D eigenvalue weighted by Gasteiger charge is 2.30. The van der Waals surface area contributed by atoms with Crippen molar-refractivity contribution in [3.05, 3.63) is 70.0 Å². The van der Waals surface area contributed by atoms with Gasteiger partial charge < -0.3 is 10.2 Å². The minimum absolute atomic E-state index is 0.0482. The Hall–Kier alpha value is -2.40. The van der Waals surface area contributed by atoms with Crippen LogP contribution in [0.15, 0.2) is 42.5 Å². The first-order valence-electron chi connectivity index (χ1n) is 9.81. The van der Waals surface area contributed by atoms with Crippen LogP contribution < -0.4 is 5.32 Å². The van der Waals surface area contributed by atoms with E-state index in [1.165, 1.54) is 17.0 Å². The third-order valence-electron chi connectivity index (χ3n) is 4.81. The largest absolute Gasteiger partial charge is 0.352 e. The van der Waals surface area contributed by atoms with E-state index in [0.717, 1.165) is 11.1 Å². The van der Waals surface area contributed by atoms with Gasteiger partial charge >= 0.3 is 0 Å². The fraction of sp³-hybridized carbons (Fsp3) is 0.391. The van der Waals surface area contributed by atoms with E-state index in [0.29, 0.717) is 6.42 Å². The van der Waals surface area contributed by atoms with Crippen molar-refractivity contribution in [3.63, 3.8) is 0 Å². The Morgan fingerprint density at radius 1 is 1.14 bits per heavy atom. The summed E-state index contributed by atoms with van der Waals surface area (Å²) in [6, 6.07) is 11.3. The predicted octanol–water partition coefficient (Wildman–Crippen LogP) is 4.66. The van der Waals surface area contributed by atoms with Gasteiger partial charge in [-0.3, -0.25) is 9.59 Å². The van der Waals surface area contributed by atoms with Crippen LogP contribution in [-0.4, -0.2) is 28.8 Å². The summed E-state index contributed by atoms with van der Waals surface area (Å²) in [7, 11) is 0. The Morgan fingerprint density at radius 3 is 2.41 bits per heavy atom. The summed E-state index contributed by atoms with van der Waals surface area (Å²) in [6.45, 7) is 7.83. The van der Waals surface area contributed by atoms with E-state index in [2.05, 4.69) is 5.32 Å². The van der Waals surface area contributed by atoms with Crippen molar-refractivity contribution in [3.8, 4) is 0 Å². The number of aryl methyl sites for hydroxylation is 1. The van der Waals surface area contributed by atoms with Crippen molar-refractivity contribution < 1.29 is 14.0 Å². The number of hydrogen-bond donors (Lipinski definition) is 1. The highest BCUT2D eigenvalue weighted by molar-refractivity contribution is 6.31. The first-order valence-corrected chi connectivity index (χ1v) is 10.2. The molecular weight excluding hydrogens is 391 g/mol.